The number of hydrazine groups is 1. The Morgan fingerprint density at radius 2 is 1.92 bits per heavy atom. The van der Waals surface area contributed by atoms with Crippen LogP contribution in [0.1, 0.15) is 27.2 Å². The molecule has 1 atom stereocenters. The Morgan fingerprint density at radius 1 is 1.24 bits per heavy atom. The molecule has 0 aliphatic heterocycles. The molecule has 0 fully saturated rings. The molecular formula is C15H23ClN4O3S2. The number of hydrogen-bond donors (Lipinski definition) is 4. The highest BCUT2D eigenvalue weighted by Gasteiger charge is 2.22. The van der Waals surface area contributed by atoms with Gasteiger partial charge in [0.2, 0.25) is 10.0 Å². The standard InChI is InChI=1S/C15H23ClN4O3S2/c1-10(2)7-8-17-15(24)19-18-14(21)11(3)20-25(22,23)13-6-4-5-12(16)9-13/h4-6,9-11,20H,7-8H2,1-3H3,(H,18,21)(H2,17,19,24)/t11-/m0/s1. The molecule has 0 saturated heterocycles. The van der Waals surface area contributed by atoms with Crippen molar-refractivity contribution in [3.05, 3.63) is 29.3 Å². The molecule has 1 aromatic carbocycles. The molecule has 1 aromatic rings. The van der Waals surface area contributed by atoms with Gasteiger partial charge in [-0.3, -0.25) is 15.6 Å². The lowest BCUT2D eigenvalue weighted by Crippen LogP contribution is -2.53. The maximum absolute atomic E-state index is 12.2. The monoisotopic (exact) mass is 406 g/mol. The van der Waals surface area contributed by atoms with E-state index in [1.54, 1.807) is 6.07 Å². The SMILES string of the molecule is CC(C)CCNC(=S)NNC(=O)[C@H](C)NS(=O)(=O)c1cccc(Cl)c1. The Bertz CT molecular complexity index is 710. The van der Waals surface area contributed by atoms with E-state index in [2.05, 4.69) is 34.7 Å². The Hall–Kier alpha value is -1.42. The molecule has 0 bridgehead atoms. The van der Waals surface area contributed by atoms with Crippen molar-refractivity contribution in [2.45, 2.75) is 38.1 Å². The second-order valence-corrected chi connectivity index (χ2v) is 8.41. The average Bonchev–Trinajstić information content (AvgIpc) is 2.51. The summed E-state index contributed by atoms with van der Waals surface area (Å²) in [5.41, 5.74) is 4.90. The van der Waals surface area contributed by atoms with Gasteiger partial charge >= 0.3 is 0 Å². The van der Waals surface area contributed by atoms with Crippen LogP contribution in [-0.4, -0.2) is 32.0 Å². The van der Waals surface area contributed by atoms with Crippen molar-refractivity contribution in [1.29, 1.82) is 0 Å². The molecule has 7 nitrogen and oxygen atoms in total. The Labute approximate surface area is 158 Å². The van der Waals surface area contributed by atoms with Gasteiger partial charge in [0.05, 0.1) is 10.9 Å². The molecule has 4 N–H and O–H groups in total. The van der Waals surface area contributed by atoms with Crippen LogP contribution in [0.2, 0.25) is 5.02 Å². The van der Waals surface area contributed by atoms with E-state index in [1.165, 1.54) is 25.1 Å². The fourth-order valence-electron chi connectivity index (χ4n) is 1.73. The van der Waals surface area contributed by atoms with Gasteiger partial charge < -0.3 is 5.32 Å². The molecule has 140 valence electrons. The minimum absolute atomic E-state index is 0.0153. The first-order chi connectivity index (χ1) is 11.6. The first-order valence-electron chi connectivity index (χ1n) is 7.73. The smallest absolute Gasteiger partial charge is 0.256 e. The highest BCUT2D eigenvalue weighted by atomic mass is 35.5. The predicted octanol–water partition coefficient (Wildman–Crippen LogP) is 1.55. The lowest BCUT2D eigenvalue weighted by atomic mass is 10.1. The van der Waals surface area contributed by atoms with Crippen LogP contribution in [0, 0.1) is 5.92 Å². The number of carbonyl (C=O) groups excluding carboxylic acids is 1. The van der Waals surface area contributed by atoms with E-state index in [0.717, 1.165) is 6.42 Å². The predicted molar refractivity (Wildman–Crippen MR) is 103 cm³/mol. The minimum Gasteiger partial charge on any atom is -0.361 e. The third kappa shape index (κ3) is 8.00. The average molecular weight is 407 g/mol. The maximum Gasteiger partial charge on any atom is 0.256 e. The number of thiocarbonyl (C=S) groups is 1. The van der Waals surface area contributed by atoms with Gasteiger partial charge in [-0.15, -0.1) is 0 Å². The molecule has 0 aromatic heterocycles. The van der Waals surface area contributed by atoms with E-state index in [9.17, 15) is 13.2 Å². The van der Waals surface area contributed by atoms with Gasteiger partial charge in [-0.05, 0) is 49.7 Å². The highest BCUT2D eigenvalue weighted by Crippen LogP contribution is 2.15. The van der Waals surface area contributed by atoms with Gasteiger partial charge in [0, 0.05) is 11.6 Å². The zero-order chi connectivity index (χ0) is 19.0. The molecule has 0 spiro atoms. The van der Waals surface area contributed by atoms with Gasteiger partial charge in [0.25, 0.3) is 5.91 Å². The van der Waals surface area contributed by atoms with E-state index in [0.29, 0.717) is 17.5 Å². The lowest BCUT2D eigenvalue weighted by molar-refractivity contribution is -0.122. The van der Waals surface area contributed by atoms with Crippen LogP contribution >= 0.6 is 23.8 Å². The summed E-state index contributed by atoms with van der Waals surface area (Å²) in [4.78, 5) is 12.0. The summed E-state index contributed by atoms with van der Waals surface area (Å²) >= 11 is 10.8. The molecule has 10 heteroatoms. The Morgan fingerprint density at radius 3 is 2.52 bits per heavy atom. The molecule has 0 aliphatic carbocycles. The van der Waals surface area contributed by atoms with Crippen molar-refractivity contribution in [3.8, 4) is 0 Å². The summed E-state index contributed by atoms with van der Waals surface area (Å²) in [6, 6.07) is 4.78. The molecule has 0 radical (unpaired) electrons. The Kier molecular flexibility index (Phi) is 8.57. The van der Waals surface area contributed by atoms with Crippen LogP contribution in [0.5, 0.6) is 0 Å². The van der Waals surface area contributed by atoms with Crippen molar-refractivity contribution < 1.29 is 13.2 Å². The summed E-state index contributed by atoms with van der Waals surface area (Å²) in [7, 11) is -3.86. The van der Waals surface area contributed by atoms with E-state index in [1.807, 2.05) is 0 Å². The van der Waals surface area contributed by atoms with Gasteiger partial charge in [-0.2, -0.15) is 4.72 Å². The van der Waals surface area contributed by atoms with Crippen LogP contribution < -0.4 is 20.9 Å². The molecule has 0 heterocycles. The number of carbonyl (C=O) groups is 1. The number of rotatable bonds is 7. The van der Waals surface area contributed by atoms with Gasteiger partial charge in [-0.1, -0.05) is 31.5 Å². The van der Waals surface area contributed by atoms with Gasteiger partial charge in [0.15, 0.2) is 5.11 Å². The third-order valence-electron chi connectivity index (χ3n) is 3.14. The highest BCUT2D eigenvalue weighted by molar-refractivity contribution is 7.89. The van der Waals surface area contributed by atoms with Crippen LogP contribution in [0.15, 0.2) is 29.2 Å². The van der Waals surface area contributed by atoms with Crippen molar-refractivity contribution in [1.82, 2.24) is 20.9 Å². The largest absolute Gasteiger partial charge is 0.361 e. The van der Waals surface area contributed by atoms with Crippen LogP contribution in [-0.2, 0) is 14.8 Å². The molecule has 0 saturated carbocycles. The lowest BCUT2D eigenvalue weighted by Gasteiger charge is -2.16. The zero-order valence-corrected chi connectivity index (χ0v) is 16.7. The summed E-state index contributed by atoms with van der Waals surface area (Å²) < 4.78 is 26.7. The van der Waals surface area contributed by atoms with Crippen LogP contribution in [0.3, 0.4) is 0 Å². The second-order valence-electron chi connectivity index (χ2n) is 5.85. The van der Waals surface area contributed by atoms with Gasteiger partial charge in [-0.25, -0.2) is 8.42 Å². The topological polar surface area (TPSA) is 99.3 Å². The number of hydrogen-bond acceptors (Lipinski definition) is 4. The van der Waals surface area contributed by atoms with Crippen molar-refractivity contribution >= 4 is 44.9 Å². The minimum atomic E-state index is -3.86. The fourth-order valence-corrected chi connectivity index (χ4v) is 3.39. The number of benzene rings is 1. The van der Waals surface area contributed by atoms with Crippen molar-refractivity contribution in [2.75, 3.05) is 6.54 Å². The summed E-state index contributed by atoms with van der Waals surface area (Å²) in [5, 5.41) is 3.49. The number of nitrogens with one attached hydrogen (secondary N) is 4. The summed E-state index contributed by atoms with van der Waals surface area (Å²) in [6.45, 7) is 6.28. The molecule has 25 heavy (non-hydrogen) atoms. The summed E-state index contributed by atoms with van der Waals surface area (Å²) in [5.74, 6) is -0.0376. The first kappa shape index (κ1) is 21.6. The quantitative estimate of drug-likeness (QED) is 0.405. The second kappa shape index (κ2) is 9.91. The zero-order valence-electron chi connectivity index (χ0n) is 14.3. The van der Waals surface area contributed by atoms with Crippen LogP contribution in [0.25, 0.3) is 0 Å². The molecule has 1 rings (SSSR count). The first-order valence-corrected chi connectivity index (χ1v) is 10.0. The third-order valence-corrected chi connectivity index (χ3v) is 5.16. The molecule has 0 aliphatic rings. The van der Waals surface area contributed by atoms with E-state index in [4.69, 9.17) is 23.8 Å². The fraction of sp³-hybridized carbons (Fsp3) is 0.467. The normalized spacial score (nSPS) is 12.5. The molecular weight excluding hydrogens is 384 g/mol. The van der Waals surface area contributed by atoms with Crippen molar-refractivity contribution in [2.24, 2.45) is 5.92 Å². The molecule has 1 amide bonds. The van der Waals surface area contributed by atoms with Crippen LogP contribution in [0.4, 0.5) is 0 Å². The number of halogens is 1. The maximum atomic E-state index is 12.2. The number of sulfonamides is 1. The summed E-state index contributed by atoms with van der Waals surface area (Å²) in [6.07, 6.45) is 0.936. The van der Waals surface area contributed by atoms with Crippen molar-refractivity contribution in [3.63, 3.8) is 0 Å². The molecule has 0 unspecified atom stereocenters. The van der Waals surface area contributed by atoms with E-state index < -0.39 is 22.0 Å². The van der Waals surface area contributed by atoms with E-state index in [-0.39, 0.29) is 10.0 Å². The van der Waals surface area contributed by atoms with Gasteiger partial charge in [0.1, 0.15) is 0 Å². The van der Waals surface area contributed by atoms with E-state index >= 15 is 0 Å². The number of amides is 1. The Balaban J connectivity index is 2.50.